The fourth-order valence-corrected chi connectivity index (χ4v) is 3.00. The van der Waals surface area contributed by atoms with Crippen LogP contribution in [0.15, 0.2) is 69.9 Å². The van der Waals surface area contributed by atoms with Gasteiger partial charge in [0.2, 0.25) is 0 Å². The number of nitrogens with zero attached hydrogens (tertiary/aromatic N) is 1. The van der Waals surface area contributed by atoms with E-state index >= 15 is 0 Å². The zero-order valence-corrected chi connectivity index (χ0v) is 12.7. The highest BCUT2D eigenvalue weighted by molar-refractivity contribution is 6.02. The van der Waals surface area contributed by atoms with Crippen molar-refractivity contribution in [2.45, 2.75) is 19.1 Å². The Balaban J connectivity index is 1.83. The van der Waals surface area contributed by atoms with Gasteiger partial charge in [-0.2, -0.15) is 0 Å². The minimum atomic E-state index is -0.790. The Labute approximate surface area is 133 Å². The second-order valence-corrected chi connectivity index (χ2v) is 5.69. The number of hydrogen-bond donors (Lipinski definition) is 1. The number of hydrogen-bond acceptors (Lipinski definition) is 4. The van der Waals surface area contributed by atoms with E-state index in [1.54, 1.807) is 17.4 Å². The van der Waals surface area contributed by atoms with Gasteiger partial charge in [0, 0.05) is 5.69 Å². The van der Waals surface area contributed by atoms with E-state index in [1.165, 1.54) is 0 Å². The minimum absolute atomic E-state index is 0.0605. The summed E-state index contributed by atoms with van der Waals surface area (Å²) in [4.78, 5) is 14.8. The predicted octanol–water partition coefficient (Wildman–Crippen LogP) is 3.81. The summed E-state index contributed by atoms with van der Waals surface area (Å²) in [5, 5.41) is 3.44. The monoisotopic (exact) mass is 308 g/mol. The van der Waals surface area contributed by atoms with Crippen molar-refractivity contribution in [2.24, 2.45) is 0 Å². The molecule has 1 N–H and O–H groups in total. The first-order valence-corrected chi connectivity index (χ1v) is 7.44. The Morgan fingerprint density at radius 1 is 1.04 bits per heavy atom. The topological polar surface area (TPSA) is 58.6 Å². The fraction of sp³-hybridized carbons (Fsp3) is 0.167. The highest BCUT2D eigenvalue weighted by Crippen LogP contribution is 2.38. The maximum atomic E-state index is 13.1. The smallest absolute Gasteiger partial charge is 0.258 e. The Morgan fingerprint density at radius 3 is 2.57 bits per heavy atom. The molecule has 0 saturated heterocycles. The van der Waals surface area contributed by atoms with Gasteiger partial charge in [-0.3, -0.25) is 4.79 Å². The summed E-state index contributed by atoms with van der Waals surface area (Å²) >= 11 is 0. The van der Waals surface area contributed by atoms with Crippen molar-refractivity contribution in [3.63, 3.8) is 0 Å². The van der Waals surface area contributed by atoms with Crippen LogP contribution in [0.1, 0.15) is 28.8 Å². The highest BCUT2D eigenvalue weighted by Gasteiger charge is 2.44. The average molecular weight is 308 g/mol. The van der Waals surface area contributed by atoms with Crippen LogP contribution >= 0.6 is 0 Å². The molecule has 1 aliphatic heterocycles. The van der Waals surface area contributed by atoms with Crippen LogP contribution in [0.2, 0.25) is 0 Å². The van der Waals surface area contributed by atoms with Crippen molar-refractivity contribution in [1.82, 2.24) is 4.90 Å². The summed E-state index contributed by atoms with van der Waals surface area (Å²) in [6.07, 6.45) is 3.22. The molecule has 1 unspecified atom stereocenters. The van der Waals surface area contributed by atoms with Crippen LogP contribution in [-0.2, 0) is 12.2 Å². The van der Waals surface area contributed by atoms with E-state index in [4.69, 9.17) is 8.83 Å². The van der Waals surface area contributed by atoms with Crippen molar-refractivity contribution in [2.75, 3.05) is 5.32 Å². The number of benzene rings is 1. The van der Waals surface area contributed by atoms with Gasteiger partial charge in [0.05, 0.1) is 24.6 Å². The van der Waals surface area contributed by atoms with Crippen molar-refractivity contribution in [1.29, 1.82) is 0 Å². The van der Waals surface area contributed by atoms with Gasteiger partial charge < -0.3 is 19.1 Å². The molecule has 0 radical (unpaired) electrons. The molecule has 1 atom stereocenters. The lowest BCUT2D eigenvalue weighted by Gasteiger charge is -2.44. The summed E-state index contributed by atoms with van der Waals surface area (Å²) in [5.74, 6) is 1.33. The van der Waals surface area contributed by atoms with E-state index < -0.39 is 5.66 Å². The first kappa shape index (κ1) is 13.7. The number of nitrogens with one attached hydrogen (secondary N) is 1. The number of carbonyl (C=O) groups excluding carboxylic acids is 1. The molecule has 0 fully saturated rings. The highest BCUT2D eigenvalue weighted by atomic mass is 16.3. The molecule has 4 rings (SSSR count). The molecule has 0 spiro atoms. The van der Waals surface area contributed by atoms with E-state index in [0.717, 1.165) is 11.4 Å². The van der Waals surface area contributed by atoms with Gasteiger partial charge >= 0.3 is 0 Å². The molecule has 2 aromatic heterocycles. The lowest BCUT2D eigenvalue weighted by atomic mass is 9.98. The van der Waals surface area contributed by atoms with Gasteiger partial charge in [-0.15, -0.1) is 0 Å². The molecule has 0 aliphatic carbocycles. The fourth-order valence-electron chi connectivity index (χ4n) is 3.00. The van der Waals surface area contributed by atoms with Crippen LogP contribution in [0.25, 0.3) is 0 Å². The molecule has 0 bridgehead atoms. The van der Waals surface area contributed by atoms with Crippen LogP contribution in [0.4, 0.5) is 5.69 Å². The number of anilines is 1. The lowest BCUT2D eigenvalue weighted by Crippen LogP contribution is -2.55. The Morgan fingerprint density at radius 2 is 1.83 bits per heavy atom. The summed E-state index contributed by atoms with van der Waals surface area (Å²) < 4.78 is 11.0. The molecule has 5 nitrogen and oxygen atoms in total. The molecule has 1 amide bonds. The molecule has 116 valence electrons. The molecule has 23 heavy (non-hydrogen) atoms. The van der Waals surface area contributed by atoms with E-state index in [0.29, 0.717) is 17.9 Å². The Bertz CT molecular complexity index is 824. The SMILES string of the molecule is CC1(c2ccco2)Nc2ccccc2C(=O)N1Cc1ccco1. The van der Waals surface area contributed by atoms with Gasteiger partial charge in [-0.1, -0.05) is 12.1 Å². The zero-order chi connectivity index (χ0) is 15.9. The third kappa shape index (κ3) is 2.12. The number of carbonyl (C=O) groups is 1. The molecule has 1 aromatic carbocycles. The molecule has 1 aliphatic rings. The first-order chi connectivity index (χ1) is 11.2. The molecule has 3 heterocycles. The Hall–Kier alpha value is -2.95. The van der Waals surface area contributed by atoms with Crippen molar-refractivity contribution in [3.05, 3.63) is 78.1 Å². The molecular formula is C18H16N2O3. The summed E-state index contributed by atoms with van der Waals surface area (Å²) in [5.41, 5.74) is 0.650. The number of para-hydroxylation sites is 1. The van der Waals surface area contributed by atoms with Crippen LogP contribution < -0.4 is 5.32 Å². The van der Waals surface area contributed by atoms with Crippen LogP contribution in [0, 0.1) is 0 Å². The number of fused-ring (bicyclic) bond motifs is 1. The molecule has 0 saturated carbocycles. The summed E-state index contributed by atoms with van der Waals surface area (Å²) in [7, 11) is 0. The van der Waals surface area contributed by atoms with Gasteiger partial charge in [0.25, 0.3) is 5.91 Å². The first-order valence-electron chi connectivity index (χ1n) is 7.44. The largest absolute Gasteiger partial charge is 0.467 e. The van der Waals surface area contributed by atoms with Gasteiger partial charge in [-0.05, 0) is 43.3 Å². The lowest BCUT2D eigenvalue weighted by molar-refractivity contribution is 0.0434. The van der Waals surface area contributed by atoms with Crippen molar-refractivity contribution in [3.8, 4) is 0 Å². The van der Waals surface area contributed by atoms with Gasteiger partial charge in [-0.25, -0.2) is 0 Å². The number of rotatable bonds is 3. The van der Waals surface area contributed by atoms with E-state index in [-0.39, 0.29) is 5.91 Å². The predicted molar refractivity (Wildman–Crippen MR) is 84.7 cm³/mol. The molecular weight excluding hydrogens is 292 g/mol. The number of furan rings is 2. The second kappa shape index (κ2) is 5.05. The van der Waals surface area contributed by atoms with Crippen LogP contribution in [-0.4, -0.2) is 10.8 Å². The van der Waals surface area contributed by atoms with Crippen LogP contribution in [0.3, 0.4) is 0 Å². The quantitative estimate of drug-likeness (QED) is 0.799. The Kier molecular flexibility index (Phi) is 3.01. The molecule has 3 aromatic rings. The van der Waals surface area contributed by atoms with Gasteiger partial charge in [0.1, 0.15) is 11.5 Å². The van der Waals surface area contributed by atoms with E-state index in [1.807, 2.05) is 55.5 Å². The minimum Gasteiger partial charge on any atom is -0.467 e. The molecule has 5 heteroatoms. The van der Waals surface area contributed by atoms with E-state index in [9.17, 15) is 4.79 Å². The maximum Gasteiger partial charge on any atom is 0.258 e. The zero-order valence-electron chi connectivity index (χ0n) is 12.7. The van der Waals surface area contributed by atoms with Gasteiger partial charge in [0.15, 0.2) is 5.66 Å². The maximum absolute atomic E-state index is 13.1. The van der Waals surface area contributed by atoms with Crippen molar-refractivity contribution < 1.29 is 13.6 Å². The third-order valence-electron chi connectivity index (χ3n) is 4.22. The number of amides is 1. The average Bonchev–Trinajstić information content (AvgIpc) is 3.25. The summed E-state index contributed by atoms with van der Waals surface area (Å²) in [6.45, 7) is 2.28. The standard InChI is InChI=1S/C18H16N2O3/c1-18(16-9-5-11-23-16)19-15-8-3-2-7-14(15)17(21)20(18)12-13-6-4-10-22-13/h2-11,19H,12H2,1H3. The summed E-state index contributed by atoms with van der Waals surface area (Å²) in [6, 6.07) is 14.8. The van der Waals surface area contributed by atoms with E-state index in [2.05, 4.69) is 5.32 Å². The van der Waals surface area contributed by atoms with Crippen molar-refractivity contribution >= 4 is 11.6 Å². The second-order valence-electron chi connectivity index (χ2n) is 5.69. The third-order valence-corrected chi connectivity index (χ3v) is 4.22. The normalized spacial score (nSPS) is 20.2. The van der Waals surface area contributed by atoms with Crippen LogP contribution in [0.5, 0.6) is 0 Å².